The summed E-state index contributed by atoms with van der Waals surface area (Å²) >= 11 is 0. The van der Waals surface area contributed by atoms with E-state index >= 15 is 0 Å². The monoisotopic (exact) mass is 268 g/mol. The molecule has 4 nitrogen and oxygen atoms in total. The number of halogens is 1. The van der Waals surface area contributed by atoms with Crippen LogP contribution in [0, 0.1) is 11.7 Å². The number of amides is 1. The summed E-state index contributed by atoms with van der Waals surface area (Å²) in [6, 6.07) is 6.08. The predicted molar refractivity (Wildman–Crippen MR) is 72.3 cm³/mol. The summed E-state index contributed by atoms with van der Waals surface area (Å²) in [7, 11) is 3.37. The lowest BCUT2D eigenvalue weighted by Gasteiger charge is -2.18. The minimum Gasteiger partial charge on any atom is -0.375 e. The minimum atomic E-state index is -0.287. The summed E-state index contributed by atoms with van der Waals surface area (Å²) in [5.74, 6) is -0.417. The van der Waals surface area contributed by atoms with E-state index in [4.69, 9.17) is 4.74 Å². The van der Waals surface area contributed by atoms with E-state index < -0.39 is 0 Å². The Labute approximate surface area is 113 Å². The molecule has 1 rings (SSSR count). The van der Waals surface area contributed by atoms with Crippen molar-refractivity contribution in [3.05, 3.63) is 35.6 Å². The van der Waals surface area contributed by atoms with Gasteiger partial charge in [0.05, 0.1) is 6.10 Å². The van der Waals surface area contributed by atoms with Crippen molar-refractivity contribution in [1.29, 1.82) is 0 Å². The number of rotatable bonds is 7. The van der Waals surface area contributed by atoms with E-state index in [1.54, 1.807) is 26.3 Å². The molecule has 2 N–H and O–H groups in total. The van der Waals surface area contributed by atoms with Gasteiger partial charge in [0, 0.05) is 26.1 Å². The van der Waals surface area contributed by atoms with Crippen LogP contribution in [-0.2, 0) is 9.53 Å². The van der Waals surface area contributed by atoms with Gasteiger partial charge in [-0.1, -0.05) is 19.1 Å². The highest BCUT2D eigenvalue weighted by Gasteiger charge is 2.15. The fourth-order valence-electron chi connectivity index (χ4n) is 1.78. The van der Waals surface area contributed by atoms with Crippen molar-refractivity contribution in [2.24, 2.45) is 5.92 Å². The van der Waals surface area contributed by atoms with Crippen LogP contribution in [-0.4, -0.2) is 33.2 Å². The van der Waals surface area contributed by atoms with Crippen LogP contribution in [0.4, 0.5) is 4.39 Å². The molecule has 1 amide bonds. The summed E-state index contributed by atoms with van der Waals surface area (Å²) in [5, 5.41) is 5.79. The first-order valence-electron chi connectivity index (χ1n) is 6.29. The van der Waals surface area contributed by atoms with E-state index in [1.165, 1.54) is 12.1 Å². The Morgan fingerprint density at radius 3 is 2.47 bits per heavy atom. The first kappa shape index (κ1) is 15.6. The maximum absolute atomic E-state index is 12.8. The standard InChI is InChI=1S/C14H21FN2O2/c1-10(8-16-2)14(18)17-9-13(19-3)11-4-6-12(15)7-5-11/h4-7,10,13,16H,8-9H2,1-3H3,(H,17,18). The molecule has 0 fully saturated rings. The van der Waals surface area contributed by atoms with Gasteiger partial charge in [-0.25, -0.2) is 4.39 Å². The van der Waals surface area contributed by atoms with Crippen LogP contribution in [0.5, 0.6) is 0 Å². The average molecular weight is 268 g/mol. The van der Waals surface area contributed by atoms with Gasteiger partial charge in [-0.15, -0.1) is 0 Å². The largest absolute Gasteiger partial charge is 0.375 e. The molecule has 0 saturated carbocycles. The van der Waals surface area contributed by atoms with Gasteiger partial charge in [-0.3, -0.25) is 4.79 Å². The Kier molecular flexibility index (Phi) is 6.45. The Balaban J connectivity index is 2.53. The molecule has 0 radical (unpaired) electrons. The van der Waals surface area contributed by atoms with Crippen LogP contribution in [0.2, 0.25) is 0 Å². The topological polar surface area (TPSA) is 50.4 Å². The van der Waals surface area contributed by atoms with Crippen molar-refractivity contribution >= 4 is 5.91 Å². The third kappa shape index (κ3) is 4.96. The van der Waals surface area contributed by atoms with Crippen molar-refractivity contribution in [2.75, 3.05) is 27.2 Å². The second-order valence-corrected chi connectivity index (χ2v) is 4.48. The van der Waals surface area contributed by atoms with Gasteiger partial charge in [-0.2, -0.15) is 0 Å². The molecule has 0 aromatic heterocycles. The van der Waals surface area contributed by atoms with E-state index in [2.05, 4.69) is 10.6 Å². The summed E-state index contributed by atoms with van der Waals surface area (Å²) in [4.78, 5) is 11.8. The third-order valence-electron chi connectivity index (χ3n) is 2.95. The maximum Gasteiger partial charge on any atom is 0.224 e. The van der Waals surface area contributed by atoms with Gasteiger partial charge in [0.15, 0.2) is 0 Å². The molecule has 5 heteroatoms. The molecule has 19 heavy (non-hydrogen) atoms. The number of carbonyl (C=O) groups excluding carboxylic acids is 1. The fraction of sp³-hybridized carbons (Fsp3) is 0.500. The van der Waals surface area contributed by atoms with E-state index in [9.17, 15) is 9.18 Å². The summed E-state index contributed by atoms with van der Waals surface area (Å²) in [5.41, 5.74) is 0.838. The van der Waals surface area contributed by atoms with E-state index in [-0.39, 0.29) is 23.7 Å². The molecule has 0 aliphatic rings. The van der Waals surface area contributed by atoms with Crippen LogP contribution < -0.4 is 10.6 Å². The predicted octanol–water partition coefficient (Wildman–Crippen LogP) is 1.48. The lowest BCUT2D eigenvalue weighted by molar-refractivity contribution is -0.124. The van der Waals surface area contributed by atoms with Crippen molar-refractivity contribution in [1.82, 2.24) is 10.6 Å². The van der Waals surface area contributed by atoms with Gasteiger partial charge in [0.25, 0.3) is 0 Å². The van der Waals surface area contributed by atoms with Gasteiger partial charge in [-0.05, 0) is 24.7 Å². The summed E-state index contributed by atoms with van der Waals surface area (Å²) < 4.78 is 18.2. The molecule has 1 aromatic rings. The quantitative estimate of drug-likeness (QED) is 0.787. The zero-order valence-corrected chi connectivity index (χ0v) is 11.6. The van der Waals surface area contributed by atoms with E-state index in [1.807, 2.05) is 6.92 Å². The Bertz CT molecular complexity index is 395. The molecular formula is C14H21FN2O2. The maximum atomic E-state index is 12.8. The molecule has 2 atom stereocenters. The molecule has 0 bridgehead atoms. The highest BCUT2D eigenvalue weighted by Crippen LogP contribution is 2.16. The Hall–Kier alpha value is -1.46. The molecule has 0 saturated heterocycles. The highest BCUT2D eigenvalue weighted by atomic mass is 19.1. The first-order valence-corrected chi connectivity index (χ1v) is 6.29. The van der Waals surface area contributed by atoms with Gasteiger partial charge in [0.1, 0.15) is 5.82 Å². The molecular weight excluding hydrogens is 247 g/mol. The van der Waals surface area contributed by atoms with Crippen LogP contribution in [0.3, 0.4) is 0 Å². The molecule has 0 heterocycles. The third-order valence-corrected chi connectivity index (χ3v) is 2.95. The van der Waals surface area contributed by atoms with Crippen LogP contribution in [0.1, 0.15) is 18.6 Å². The van der Waals surface area contributed by atoms with Crippen LogP contribution in [0.15, 0.2) is 24.3 Å². The second-order valence-electron chi connectivity index (χ2n) is 4.48. The molecule has 0 aliphatic carbocycles. The SMILES string of the molecule is CNCC(C)C(=O)NCC(OC)c1ccc(F)cc1. The number of hydrogen-bond acceptors (Lipinski definition) is 3. The van der Waals surface area contributed by atoms with Gasteiger partial charge >= 0.3 is 0 Å². The Morgan fingerprint density at radius 1 is 1.32 bits per heavy atom. The number of hydrogen-bond donors (Lipinski definition) is 2. The average Bonchev–Trinajstić information content (AvgIpc) is 2.41. The molecule has 2 unspecified atom stereocenters. The van der Waals surface area contributed by atoms with Crippen LogP contribution in [0.25, 0.3) is 0 Å². The summed E-state index contributed by atoms with van der Waals surface area (Å²) in [6.07, 6.45) is -0.272. The second kappa shape index (κ2) is 7.86. The molecule has 0 aliphatic heterocycles. The van der Waals surface area contributed by atoms with Gasteiger partial charge < -0.3 is 15.4 Å². The lowest BCUT2D eigenvalue weighted by Crippen LogP contribution is -2.36. The van der Waals surface area contributed by atoms with Crippen molar-refractivity contribution in [2.45, 2.75) is 13.0 Å². The van der Waals surface area contributed by atoms with Crippen molar-refractivity contribution < 1.29 is 13.9 Å². The van der Waals surface area contributed by atoms with Crippen LogP contribution >= 0.6 is 0 Å². The Morgan fingerprint density at radius 2 is 1.95 bits per heavy atom. The highest BCUT2D eigenvalue weighted by molar-refractivity contribution is 5.78. The van der Waals surface area contributed by atoms with Gasteiger partial charge in [0.2, 0.25) is 5.91 Å². The number of ether oxygens (including phenoxy) is 1. The smallest absolute Gasteiger partial charge is 0.224 e. The number of carbonyl (C=O) groups is 1. The lowest BCUT2D eigenvalue weighted by atomic mass is 10.1. The fourth-order valence-corrected chi connectivity index (χ4v) is 1.78. The molecule has 0 spiro atoms. The zero-order chi connectivity index (χ0) is 14.3. The van der Waals surface area contributed by atoms with Crippen molar-refractivity contribution in [3.8, 4) is 0 Å². The zero-order valence-electron chi connectivity index (χ0n) is 11.6. The molecule has 106 valence electrons. The number of nitrogens with one attached hydrogen (secondary N) is 2. The molecule has 1 aromatic carbocycles. The summed E-state index contributed by atoms with van der Waals surface area (Å²) in [6.45, 7) is 2.85. The minimum absolute atomic E-state index is 0.0292. The van der Waals surface area contributed by atoms with E-state index in [0.29, 0.717) is 13.1 Å². The normalized spacial score (nSPS) is 13.9. The van der Waals surface area contributed by atoms with E-state index in [0.717, 1.165) is 5.56 Å². The van der Waals surface area contributed by atoms with Crippen molar-refractivity contribution in [3.63, 3.8) is 0 Å². The number of methoxy groups -OCH3 is 1. The number of benzene rings is 1. The first-order chi connectivity index (χ1) is 9.08.